The van der Waals surface area contributed by atoms with E-state index in [2.05, 4.69) is 5.32 Å². The maximum absolute atomic E-state index is 13.9. The van der Waals surface area contributed by atoms with Crippen LogP contribution in [-0.2, 0) is 32.6 Å². The van der Waals surface area contributed by atoms with Crippen molar-refractivity contribution in [3.8, 4) is 0 Å². The minimum Gasteiger partial charge on any atom is -0.357 e. The number of amides is 2. The number of hydrogen-bond donors (Lipinski definition) is 1. The average molecular weight is 542 g/mol. The predicted octanol–water partition coefficient (Wildman–Crippen LogP) is 4.11. The number of nitrogens with zero attached hydrogens (tertiary/aromatic N) is 2. The summed E-state index contributed by atoms with van der Waals surface area (Å²) in [7, 11) is -2.31. The summed E-state index contributed by atoms with van der Waals surface area (Å²) in [5.74, 6) is -0.877. The second-order valence-corrected chi connectivity index (χ2v) is 11.3. The first-order chi connectivity index (χ1) is 17.5. The Morgan fingerprint density at radius 2 is 1.62 bits per heavy atom. The van der Waals surface area contributed by atoms with E-state index in [0.29, 0.717) is 21.8 Å². The normalized spacial score (nSPS) is 12.0. The monoisotopic (exact) mass is 541 g/mol. The van der Waals surface area contributed by atoms with Gasteiger partial charge in [0, 0.05) is 25.0 Å². The van der Waals surface area contributed by atoms with Crippen LogP contribution < -0.4 is 9.62 Å². The minimum absolute atomic E-state index is 0.0355. The maximum atomic E-state index is 13.9. The summed E-state index contributed by atoms with van der Waals surface area (Å²) < 4.78 is 26.8. The molecule has 0 heterocycles. The molecule has 1 unspecified atom stereocenters. The fourth-order valence-corrected chi connectivity index (χ4v) is 5.21. The van der Waals surface area contributed by atoms with Crippen LogP contribution in [0.1, 0.15) is 22.3 Å². The fourth-order valence-electron chi connectivity index (χ4n) is 4.11. The molecule has 0 fully saturated rings. The van der Waals surface area contributed by atoms with E-state index in [0.717, 1.165) is 21.7 Å². The van der Waals surface area contributed by atoms with E-state index in [1.54, 1.807) is 37.3 Å². The summed E-state index contributed by atoms with van der Waals surface area (Å²) in [6.07, 6.45) is 1.32. The zero-order chi connectivity index (χ0) is 27.2. The number of hydrogen-bond acceptors (Lipinski definition) is 4. The molecular formula is C28H32ClN3O4S. The lowest BCUT2D eigenvalue weighted by Crippen LogP contribution is -2.53. The van der Waals surface area contributed by atoms with E-state index < -0.39 is 28.5 Å². The van der Waals surface area contributed by atoms with Crippen LogP contribution in [0.4, 0.5) is 5.69 Å². The van der Waals surface area contributed by atoms with Crippen molar-refractivity contribution < 1.29 is 18.0 Å². The highest BCUT2D eigenvalue weighted by molar-refractivity contribution is 7.92. The van der Waals surface area contributed by atoms with Crippen molar-refractivity contribution in [2.75, 3.05) is 24.2 Å². The van der Waals surface area contributed by atoms with Crippen LogP contribution in [-0.4, -0.2) is 51.0 Å². The number of carbonyl (C=O) groups excluding carboxylic acids is 2. The summed E-state index contributed by atoms with van der Waals surface area (Å²) in [6.45, 7) is 3.22. The van der Waals surface area contributed by atoms with Gasteiger partial charge in [-0.15, -0.1) is 0 Å². The fraction of sp³-hybridized carbons (Fsp3) is 0.286. The highest BCUT2D eigenvalue weighted by Crippen LogP contribution is 2.26. The number of aryl methyl sites for hydroxylation is 2. The van der Waals surface area contributed by atoms with Crippen LogP contribution in [0.25, 0.3) is 0 Å². The molecular weight excluding hydrogens is 510 g/mol. The molecule has 0 aromatic heterocycles. The summed E-state index contributed by atoms with van der Waals surface area (Å²) in [4.78, 5) is 28.5. The molecule has 0 radical (unpaired) electrons. The molecule has 1 N–H and O–H groups in total. The third kappa shape index (κ3) is 7.33. The quantitative estimate of drug-likeness (QED) is 0.418. The van der Waals surface area contributed by atoms with Gasteiger partial charge in [0.2, 0.25) is 21.8 Å². The average Bonchev–Trinajstić information content (AvgIpc) is 2.86. The van der Waals surface area contributed by atoms with Gasteiger partial charge < -0.3 is 10.2 Å². The molecule has 3 rings (SSSR count). The van der Waals surface area contributed by atoms with Gasteiger partial charge in [-0.05, 0) is 48.2 Å². The number of nitrogens with one attached hydrogen (secondary N) is 1. The van der Waals surface area contributed by atoms with E-state index in [-0.39, 0.29) is 18.9 Å². The molecule has 0 aliphatic rings. The van der Waals surface area contributed by atoms with Crippen LogP contribution in [0.2, 0.25) is 5.02 Å². The molecule has 3 aromatic rings. The Bertz CT molecular complexity index is 1360. The van der Waals surface area contributed by atoms with Crippen molar-refractivity contribution in [3.63, 3.8) is 0 Å². The van der Waals surface area contributed by atoms with E-state index in [9.17, 15) is 18.0 Å². The Morgan fingerprint density at radius 3 is 2.24 bits per heavy atom. The molecule has 0 saturated carbocycles. The molecule has 7 nitrogen and oxygen atoms in total. The number of benzene rings is 3. The van der Waals surface area contributed by atoms with Crippen molar-refractivity contribution >= 4 is 39.1 Å². The van der Waals surface area contributed by atoms with Gasteiger partial charge in [-0.2, -0.15) is 0 Å². The van der Waals surface area contributed by atoms with Gasteiger partial charge in [0.15, 0.2) is 0 Å². The summed E-state index contributed by atoms with van der Waals surface area (Å²) in [5.41, 5.74) is 3.52. The summed E-state index contributed by atoms with van der Waals surface area (Å²) in [5, 5.41) is 3.10. The van der Waals surface area contributed by atoms with Gasteiger partial charge in [-0.1, -0.05) is 72.3 Å². The second-order valence-electron chi connectivity index (χ2n) is 8.99. The molecule has 0 aliphatic heterocycles. The summed E-state index contributed by atoms with van der Waals surface area (Å²) >= 11 is 6.42. The lowest BCUT2D eigenvalue weighted by Gasteiger charge is -2.33. The topological polar surface area (TPSA) is 86.8 Å². The van der Waals surface area contributed by atoms with E-state index >= 15 is 0 Å². The Morgan fingerprint density at radius 1 is 0.973 bits per heavy atom. The van der Waals surface area contributed by atoms with Gasteiger partial charge in [0.1, 0.15) is 12.6 Å². The van der Waals surface area contributed by atoms with Crippen LogP contribution in [0.3, 0.4) is 0 Å². The van der Waals surface area contributed by atoms with Crippen molar-refractivity contribution in [2.45, 2.75) is 32.9 Å². The first-order valence-electron chi connectivity index (χ1n) is 11.8. The van der Waals surface area contributed by atoms with Gasteiger partial charge >= 0.3 is 0 Å². The standard InChI is InChI=1S/C28H32ClN3O4S/c1-20-14-15-21(2)25(16-20)32(37(4,35)36)19-27(33)31(18-23-12-8-9-13-24(23)29)26(28(34)30-3)17-22-10-6-5-7-11-22/h5-16,26H,17-19H2,1-4H3,(H,30,34). The highest BCUT2D eigenvalue weighted by atomic mass is 35.5. The third-order valence-electron chi connectivity index (χ3n) is 6.13. The number of anilines is 1. The van der Waals surface area contributed by atoms with E-state index in [1.165, 1.54) is 11.9 Å². The summed E-state index contributed by atoms with van der Waals surface area (Å²) in [6, 6.07) is 21.0. The Hall–Kier alpha value is -3.36. The smallest absolute Gasteiger partial charge is 0.244 e. The highest BCUT2D eigenvalue weighted by Gasteiger charge is 2.33. The van der Waals surface area contributed by atoms with Gasteiger partial charge in [-0.25, -0.2) is 8.42 Å². The van der Waals surface area contributed by atoms with Gasteiger partial charge in [-0.3, -0.25) is 13.9 Å². The largest absolute Gasteiger partial charge is 0.357 e. The molecule has 9 heteroatoms. The van der Waals surface area contributed by atoms with Crippen molar-refractivity contribution in [1.82, 2.24) is 10.2 Å². The zero-order valence-corrected chi connectivity index (χ0v) is 23.0. The van der Waals surface area contributed by atoms with Gasteiger partial charge in [0.05, 0.1) is 11.9 Å². The lowest BCUT2D eigenvalue weighted by molar-refractivity contribution is -0.139. The second kappa shape index (κ2) is 12.3. The molecule has 37 heavy (non-hydrogen) atoms. The van der Waals surface area contributed by atoms with Crippen molar-refractivity contribution in [2.24, 2.45) is 0 Å². The lowest BCUT2D eigenvalue weighted by atomic mass is 10.0. The van der Waals surface area contributed by atoms with Gasteiger partial charge in [0.25, 0.3) is 0 Å². The third-order valence-corrected chi connectivity index (χ3v) is 7.62. The molecule has 2 amide bonds. The number of sulfonamides is 1. The first-order valence-corrected chi connectivity index (χ1v) is 14.1. The molecule has 0 aliphatic carbocycles. The Balaban J connectivity index is 2.07. The Labute approximate surface area is 224 Å². The molecule has 3 aromatic carbocycles. The SMILES string of the molecule is CNC(=O)C(Cc1ccccc1)N(Cc1ccccc1Cl)C(=O)CN(c1cc(C)ccc1C)S(C)(=O)=O. The maximum Gasteiger partial charge on any atom is 0.244 e. The molecule has 0 bridgehead atoms. The minimum atomic E-state index is -3.82. The van der Waals surface area contributed by atoms with E-state index in [4.69, 9.17) is 11.6 Å². The number of halogens is 1. The van der Waals surface area contributed by atoms with Crippen molar-refractivity contribution in [3.05, 3.63) is 100 Å². The first kappa shape index (κ1) is 28.2. The number of likely N-dealkylation sites (N-methyl/N-ethyl adjacent to an activating group) is 1. The van der Waals surface area contributed by atoms with Crippen LogP contribution in [0.5, 0.6) is 0 Å². The molecule has 0 saturated heterocycles. The zero-order valence-electron chi connectivity index (χ0n) is 21.4. The molecule has 0 spiro atoms. The van der Waals surface area contributed by atoms with E-state index in [1.807, 2.05) is 49.4 Å². The molecule has 1 atom stereocenters. The molecule has 196 valence electrons. The number of rotatable bonds is 10. The van der Waals surface area contributed by atoms with Crippen LogP contribution >= 0.6 is 11.6 Å². The van der Waals surface area contributed by atoms with Crippen LogP contribution in [0.15, 0.2) is 72.8 Å². The predicted molar refractivity (Wildman–Crippen MR) is 148 cm³/mol. The Kier molecular flexibility index (Phi) is 9.34. The number of carbonyl (C=O) groups is 2. The van der Waals surface area contributed by atoms with Crippen molar-refractivity contribution in [1.29, 1.82) is 0 Å². The van der Waals surface area contributed by atoms with Crippen LogP contribution in [0, 0.1) is 13.8 Å².